The van der Waals surface area contributed by atoms with Crippen LogP contribution in [0, 0.1) is 0 Å². The highest BCUT2D eigenvalue weighted by molar-refractivity contribution is 5.97. The number of esters is 1. The van der Waals surface area contributed by atoms with E-state index in [1.165, 1.54) is 18.2 Å². The number of ether oxygens (including phenoxy) is 2. The fraction of sp³-hybridized carbons (Fsp3) is 0.233. The van der Waals surface area contributed by atoms with Gasteiger partial charge in [0.1, 0.15) is 35.3 Å². The maximum absolute atomic E-state index is 12.9. The highest BCUT2D eigenvalue weighted by Gasteiger charge is 2.26. The molecule has 1 unspecified atom stereocenters. The largest absolute Gasteiger partial charge is 0.508 e. The number of hydrogen-bond donors (Lipinski definition) is 3. The number of nitrogens with zero attached hydrogens (tertiary/aromatic N) is 4. The first-order valence-electron chi connectivity index (χ1n) is 13.3. The summed E-state index contributed by atoms with van der Waals surface area (Å²) in [7, 11) is 1.79. The van der Waals surface area contributed by atoms with Crippen molar-refractivity contribution in [3.05, 3.63) is 83.4 Å². The minimum atomic E-state index is -1.20. The summed E-state index contributed by atoms with van der Waals surface area (Å²) >= 11 is 0. The molecule has 0 saturated heterocycles. The van der Waals surface area contributed by atoms with Crippen molar-refractivity contribution in [1.82, 2.24) is 24.4 Å². The van der Waals surface area contributed by atoms with Crippen LogP contribution in [-0.4, -0.2) is 67.0 Å². The number of rotatable bonds is 9. The smallest absolute Gasteiger partial charge is 0.417 e. The van der Waals surface area contributed by atoms with Gasteiger partial charge in [-0.05, 0) is 56.3 Å². The fourth-order valence-corrected chi connectivity index (χ4v) is 4.83. The summed E-state index contributed by atoms with van der Waals surface area (Å²) in [5.74, 6) is -0.158. The van der Waals surface area contributed by atoms with Gasteiger partial charge in [-0.25, -0.2) is 24.1 Å². The third kappa shape index (κ3) is 5.33. The van der Waals surface area contributed by atoms with Gasteiger partial charge in [-0.15, -0.1) is 0 Å². The third-order valence-corrected chi connectivity index (χ3v) is 6.84. The molecule has 2 aromatic heterocycles. The van der Waals surface area contributed by atoms with Crippen molar-refractivity contribution < 1.29 is 34.1 Å². The van der Waals surface area contributed by atoms with Crippen molar-refractivity contribution in [2.45, 2.75) is 19.8 Å². The van der Waals surface area contributed by atoms with Gasteiger partial charge < -0.3 is 29.6 Å². The first-order chi connectivity index (χ1) is 20.2. The second-order valence-electron chi connectivity index (χ2n) is 9.54. The topological polar surface area (TPSA) is 158 Å². The Morgan fingerprint density at radius 1 is 0.976 bits per heavy atom. The molecule has 1 atom stereocenters. The summed E-state index contributed by atoms with van der Waals surface area (Å²) in [5.41, 5.74) is 2.74. The number of benzene rings is 3. The van der Waals surface area contributed by atoms with Gasteiger partial charge in [-0.1, -0.05) is 12.1 Å². The Morgan fingerprint density at radius 2 is 1.74 bits per heavy atom. The van der Waals surface area contributed by atoms with Gasteiger partial charge in [0.05, 0.1) is 41.1 Å². The Balaban J connectivity index is 1.31. The van der Waals surface area contributed by atoms with Crippen LogP contribution in [0.1, 0.15) is 52.1 Å². The number of carbonyl (C=O) groups is 3. The number of phenolic OH excluding ortho intramolecular Hbond substituents is 1. The lowest BCUT2D eigenvalue weighted by Crippen LogP contribution is -2.28. The molecule has 216 valence electrons. The van der Waals surface area contributed by atoms with Gasteiger partial charge in [0, 0.05) is 18.7 Å². The number of carboxylic acid groups (broad SMARTS) is 1. The molecule has 12 nitrogen and oxygen atoms in total. The van der Waals surface area contributed by atoms with E-state index in [9.17, 15) is 24.6 Å². The van der Waals surface area contributed by atoms with E-state index in [1.807, 2.05) is 0 Å². The summed E-state index contributed by atoms with van der Waals surface area (Å²) in [6.07, 6.45) is -1.20. The molecule has 5 aromatic rings. The van der Waals surface area contributed by atoms with Crippen LogP contribution in [0.25, 0.3) is 22.1 Å². The number of aromatic hydroxyl groups is 1. The van der Waals surface area contributed by atoms with Crippen LogP contribution in [0.5, 0.6) is 11.5 Å². The molecule has 3 N–H and O–H groups in total. The molecule has 0 radical (unpaired) electrons. The number of fused-ring (bicyclic) bond motifs is 2. The standard InChI is InChI=1S/C30H29N5O7/c1-4-41-29(38)20-7-5-6-8-25(20)42-14-13-31-28(37)18-9-11-21-24(15-18)34(3)26(32-21)17(2)27-33-22-16-19(36)10-12-23(22)35(27)30(39)40/h5-12,15-17,36H,4,13-14H2,1-3H3,(H,31,37)(H,39,40). The Bertz CT molecular complexity index is 1820. The molecule has 0 aliphatic carbocycles. The molecule has 0 spiro atoms. The average molecular weight is 572 g/mol. The monoisotopic (exact) mass is 571 g/mol. The molecule has 42 heavy (non-hydrogen) atoms. The van der Waals surface area contributed by atoms with E-state index in [2.05, 4.69) is 10.3 Å². The average Bonchev–Trinajstić information content (AvgIpc) is 3.52. The van der Waals surface area contributed by atoms with E-state index >= 15 is 0 Å². The van der Waals surface area contributed by atoms with Gasteiger partial charge >= 0.3 is 12.1 Å². The Labute approximate surface area is 240 Å². The molecular formula is C30H29N5O7. The molecule has 5 rings (SSSR count). The Kier molecular flexibility index (Phi) is 7.78. The molecule has 0 fully saturated rings. The lowest BCUT2D eigenvalue weighted by Gasteiger charge is -2.12. The van der Waals surface area contributed by atoms with E-state index < -0.39 is 18.0 Å². The van der Waals surface area contributed by atoms with Gasteiger partial charge in [0.25, 0.3) is 5.91 Å². The lowest BCUT2D eigenvalue weighted by molar-refractivity contribution is 0.0521. The zero-order valence-corrected chi connectivity index (χ0v) is 23.2. The van der Waals surface area contributed by atoms with E-state index in [0.29, 0.717) is 44.8 Å². The van der Waals surface area contributed by atoms with Gasteiger partial charge in [0.15, 0.2) is 0 Å². The van der Waals surface area contributed by atoms with Crippen molar-refractivity contribution in [2.24, 2.45) is 7.05 Å². The quantitative estimate of drug-likeness (QED) is 0.173. The Hall–Kier alpha value is -5.39. The van der Waals surface area contributed by atoms with Crippen LogP contribution in [0.4, 0.5) is 4.79 Å². The predicted molar refractivity (Wildman–Crippen MR) is 153 cm³/mol. The van der Waals surface area contributed by atoms with E-state index in [0.717, 1.165) is 4.57 Å². The summed E-state index contributed by atoms with van der Waals surface area (Å²) in [4.78, 5) is 46.3. The van der Waals surface area contributed by atoms with Crippen LogP contribution < -0.4 is 10.1 Å². The van der Waals surface area contributed by atoms with E-state index in [1.54, 1.807) is 67.9 Å². The number of amides is 1. The van der Waals surface area contributed by atoms with Crippen molar-refractivity contribution in [3.8, 4) is 11.5 Å². The van der Waals surface area contributed by atoms with Gasteiger partial charge in [-0.3, -0.25) is 4.79 Å². The summed E-state index contributed by atoms with van der Waals surface area (Å²) in [6.45, 7) is 4.11. The molecule has 12 heteroatoms. The number of aromatic nitrogens is 4. The maximum atomic E-state index is 12.9. The van der Waals surface area contributed by atoms with Gasteiger partial charge in [0.2, 0.25) is 0 Å². The van der Waals surface area contributed by atoms with Crippen LogP contribution in [0.2, 0.25) is 0 Å². The minimum absolute atomic E-state index is 0.0154. The van der Waals surface area contributed by atoms with E-state index in [4.69, 9.17) is 14.5 Å². The molecular weight excluding hydrogens is 542 g/mol. The number of para-hydroxylation sites is 1. The fourth-order valence-electron chi connectivity index (χ4n) is 4.83. The number of carbonyl (C=O) groups excluding carboxylic acids is 2. The molecule has 3 aromatic carbocycles. The lowest BCUT2D eigenvalue weighted by atomic mass is 10.1. The van der Waals surface area contributed by atoms with Crippen molar-refractivity contribution >= 4 is 40.0 Å². The number of aryl methyl sites for hydroxylation is 1. The number of hydrogen-bond acceptors (Lipinski definition) is 8. The molecule has 0 saturated carbocycles. The van der Waals surface area contributed by atoms with Crippen molar-refractivity contribution in [1.29, 1.82) is 0 Å². The summed E-state index contributed by atoms with van der Waals surface area (Å²) in [5, 5.41) is 22.5. The van der Waals surface area contributed by atoms with Gasteiger partial charge in [-0.2, -0.15) is 0 Å². The first kappa shape index (κ1) is 28.1. The predicted octanol–water partition coefficient (Wildman–Crippen LogP) is 4.29. The maximum Gasteiger partial charge on any atom is 0.417 e. The summed E-state index contributed by atoms with van der Waals surface area (Å²) < 4.78 is 13.7. The molecule has 0 aliphatic rings. The van der Waals surface area contributed by atoms with Crippen molar-refractivity contribution in [2.75, 3.05) is 19.8 Å². The number of imidazole rings is 2. The highest BCUT2D eigenvalue weighted by atomic mass is 16.5. The van der Waals surface area contributed by atoms with Crippen LogP contribution in [-0.2, 0) is 11.8 Å². The zero-order valence-electron chi connectivity index (χ0n) is 23.2. The third-order valence-electron chi connectivity index (χ3n) is 6.84. The number of phenols is 1. The SMILES string of the molecule is CCOC(=O)c1ccccc1OCCNC(=O)c1ccc2nc(C(C)c3nc4cc(O)ccc4n3C(=O)O)n(C)c2c1. The molecule has 2 heterocycles. The van der Waals surface area contributed by atoms with E-state index in [-0.39, 0.29) is 37.2 Å². The Morgan fingerprint density at radius 3 is 2.50 bits per heavy atom. The second-order valence-corrected chi connectivity index (χ2v) is 9.54. The molecule has 1 amide bonds. The van der Waals surface area contributed by atoms with Crippen LogP contribution >= 0.6 is 0 Å². The second kappa shape index (κ2) is 11.6. The van der Waals surface area contributed by atoms with Crippen LogP contribution in [0.3, 0.4) is 0 Å². The minimum Gasteiger partial charge on any atom is -0.508 e. The molecule has 0 bridgehead atoms. The van der Waals surface area contributed by atoms with Crippen molar-refractivity contribution in [3.63, 3.8) is 0 Å². The first-order valence-corrected chi connectivity index (χ1v) is 13.3. The zero-order chi connectivity index (χ0) is 30.0. The summed E-state index contributed by atoms with van der Waals surface area (Å²) in [6, 6.07) is 16.2. The normalized spacial score (nSPS) is 11.9. The number of nitrogens with one attached hydrogen (secondary N) is 1. The van der Waals surface area contributed by atoms with Crippen LogP contribution in [0.15, 0.2) is 60.7 Å². The molecule has 0 aliphatic heterocycles. The highest BCUT2D eigenvalue weighted by Crippen LogP contribution is 2.30.